The van der Waals surface area contributed by atoms with Crippen LogP contribution in [0.1, 0.15) is 5.76 Å². The predicted octanol–water partition coefficient (Wildman–Crippen LogP) is 2.91. The largest absolute Gasteiger partial charge is 0.479 e. The fourth-order valence-corrected chi connectivity index (χ4v) is 1.80. The maximum absolute atomic E-state index is 13.8. The van der Waals surface area contributed by atoms with Crippen molar-refractivity contribution >= 4 is 17.6 Å². The fraction of sp³-hybridized carbons (Fsp3) is 0.167. The first-order chi connectivity index (χ1) is 9.00. The number of halogens is 2. The minimum absolute atomic E-state index is 0.0152. The number of rotatable bonds is 4. The molecule has 0 radical (unpaired) electrons. The third-order valence-electron chi connectivity index (χ3n) is 2.35. The molecule has 0 fully saturated rings. The van der Waals surface area contributed by atoms with E-state index in [2.05, 4.69) is 5.16 Å². The molecule has 2 aromatic rings. The first kappa shape index (κ1) is 13.4. The van der Waals surface area contributed by atoms with Gasteiger partial charge in [-0.3, -0.25) is 0 Å². The lowest BCUT2D eigenvalue weighted by molar-refractivity contribution is -0.139. The van der Waals surface area contributed by atoms with Crippen LogP contribution in [-0.2, 0) is 4.79 Å². The van der Waals surface area contributed by atoms with Gasteiger partial charge in [-0.1, -0.05) is 22.8 Å². The van der Waals surface area contributed by atoms with Gasteiger partial charge >= 0.3 is 5.97 Å². The van der Waals surface area contributed by atoms with E-state index in [1.54, 1.807) is 0 Å². The maximum Gasteiger partial charge on any atom is 0.341 e. The van der Waals surface area contributed by atoms with Crippen molar-refractivity contribution in [1.82, 2.24) is 5.16 Å². The van der Waals surface area contributed by atoms with Gasteiger partial charge in [-0.05, 0) is 12.1 Å². The molecule has 0 aliphatic heterocycles. The molecule has 0 saturated carbocycles. The van der Waals surface area contributed by atoms with Gasteiger partial charge in [0.2, 0.25) is 0 Å². The highest BCUT2D eigenvalue weighted by Crippen LogP contribution is 2.37. The number of aryl methyl sites for hydroxylation is 1. The Hall–Kier alpha value is -2.08. The van der Waals surface area contributed by atoms with E-state index in [1.807, 2.05) is 0 Å². The van der Waals surface area contributed by atoms with E-state index in [1.165, 1.54) is 25.1 Å². The van der Waals surface area contributed by atoms with Gasteiger partial charge in [0, 0.05) is 6.92 Å². The first-order valence-electron chi connectivity index (χ1n) is 5.26. The number of carboxylic acid groups (broad SMARTS) is 1. The molecule has 0 spiro atoms. The van der Waals surface area contributed by atoms with Crippen LogP contribution in [0, 0.1) is 12.7 Å². The molecule has 0 aliphatic carbocycles. The van der Waals surface area contributed by atoms with Crippen LogP contribution in [0.15, 0.2) is 22.7 Å². The summed E-state index contributed by atoms with van der Waals surface area (Å²) in [5.74, 6) is -1.45. The monoisotopic (exact) mass is 285 g/mol. The normalized spacial score (nSPS) is 10.5. The molecule has 1 aromatic heterocycles. The molecule has 100 valence electrons. The Labute approximate surface area is 112 Å². The molecule has 2 rings (SSSR count). The fourth-order valence-electron chi connectivity index (χ4n) is 1.55. The highest BCUT2D eigenvalue weighted by Gasteiger charge is 2.22. The smallest absolute Gasteiger partial charge is 0.341 e. The Morgan fingerprint density at radius 3 is 2.95 bits per heavy atom. The SMILES string of the molecule is Cc1onc(-c2c(F)cccc2Cl)c1OCC(=O)O. The number of nitrogens with zero attached hydrogens (tertiary/aromatic N) is 1. The second-order valence-corrected chi connectivity index (χ2v) is 4.10. The summed E-state index contributed by atoms with van der Waals surface area (Å²) >= 11 is 5.91. The number of aliphatic carboxylic acids is 1. The van der Waals surface area contributed by atoms with E-state index in [4.69, 9.17) is 26.0 Å². The minimum Gasteiger partial charge on any atom is -0.479 e. The molecule has 1 heterocycles. The molecular formula is C12H9ClFNO4. The Morgan fingerprint density at radius 1 is 1.58 bits per heavy atom. The summed E-state index contributed by atoms with van der Waals surface area (Å²) in [6.07, 6.45) is 0. The molecule has 0 saturated heterocycles. The van der Waals surface area contributed by atoms with Gasteiger partial charge in [0.25, 0.3) is 0 Å². The number of benzene rings is 1. The molecule has 0 unspecified atom stereocenters. The topological polar surface area (TPSA) is 72.6 Å². The number of hydrogen-bond donors (Lipinski definition) is 1. The van der Waals surface area contributed by atoms with Gasteiger partial charge in [0.1, 0.15) is 5.82 Å². The van der Waals surface area contributed by atoms with Crippen molar-refractivity contribution in [2.24, 2.45) is 0 Å². The summed E-state index contributed by atoms with van der Waals surface area (Å²) in [5, 5.41) is 12.4. The summed E-state index contributed by atoms with van der Waals surface area (Å²) in [6, 6.07) is 4.16. The van der Waals surface area contributed by atoms with Crippen LogP contribution < -0.4 is 4.74 Å². The molecule has 0 atom stereocenters. The number of aromatic nitrogens is 1. The highest BCUT2D eigenvalue weighted by molar-refractivity contribution is 6.33. The van der Waals surface area contributed by atoms with E-state index in [0.717, 1.165) is 0 Å². The van der Waals surface area contributed by atoms with Crippen LogP contribution in [-0.4, -0.2) is 22.8 Å². The van der Waals surface area contributed by atoms with Gasteiger partial charge in [-0.25, -0.2) is 9.18 Å². The summed E-state index contributed by atoms with van der Waals surface area (Å²) in [7, 11) is 0. The molecule has 5 nitrogen and oxygen atoms in total. The van der Waals surface area contributed by atoms with Crippen molar-refractivity contribution in [3.05, 3.63) is 34.8 Å². The van der Waals surface area contributed by atoms with Crippen molar-refractivity contribution in [3.63, 3.8) is 0 Å². The van der Waals surface area contributed by atoms with Crippen LogP contribution in [0.3, 0.4) is 0 Å². The van der Waals surface area contributed by atoms with Gasteiger partial charge in [-0.2, -0.15) is 0 Å². The molecule has 0 amide bonds. The molecule has 1 aromatic carbocycles. The van der Waals surface area contributed by atoms with Crippen LogP contribution in [0.4, 0.5) is 4.39 Å². The number of carbonyl (C=O) groups is 1. The van der Waals surface area contributed by atoms with Gasteiger partial charge in [0.05, 0.1) is 10.6 Å². The van der Waals surface area contributed by atoms with Crippen molar-refractivity contribution < 1.29 is 23.6 Å². The molecular weight excluding hydrogens is 277 g/mol. The maximum atomic E-state index is 13.8. The summed E-state index contributed by atoms with van der Waals surface area (Å²) < 4.78 is 23.7. The average Bonchev–Trinajstić information content (AvgIpc) is 2.68. The molecule has 1 N–H and O–H groups in total. The Kier molecular flexibility index (Phi) is 3.71. The lowest BCUT2D eigenvalue weighted by Crippen LogP contribution is -2.10. The average molecular weight is 286 g/mol. The molecule has 0 aliphatic rings. The lowest BCUT2D eigenvalue weighted by Gasteiger charge is -2.06. The zero-order valence-electron chi connectivity index (χ0n) is 9.81. The van der Waals surface area contributed by atoms with Gasteiger partial charge < -0.3 is 14.4 Å². The number of carboxylic acids is 1. The quantitative estimate of drug-likeness (QED) is 0.935. The molecule has 7 heteroatoms. The van der Waals surface area contributed by atoms with Crippen molar-refractivity contribution in [3.8, 4) is 17.0 Å². The molecule has 0 bridgehead atoms. The van der Waals surface area contributed by atoms with Crippen molar-refractivity contribution in [1.29, 1.82) is 0 Å². The Balaban J connectivity index is 2.48. The van der Waals surface area contributed by atoms with Crippen LogP contribution in [0.2, 0.25) is 5.02 Å². The first-order valence-corrected chi connectivity index (χ1v) is 5.63. The van der Waals surface area contributed by atoms with Gasteiger partial charge in [-0.15, -0.1) is 0 Å². The van der Waals surface area contributed by atoms with Crippen LogP contribution in [0.5, 0.6) is 5.75 Å². The molecule has 19 heavy (non-hydrogen) atoms. The Morgan fingerprint density at radius 2 is 2.32 bits per heavy atom. The third-order valence-corrected chi connectivity index (χ3v) is 2.66. The second kappa shape index (κ2) is 5.27. The predicted molar refractivity (Wildman–Crippen MR) is 64.8 cm³/mol. The van der Waals surface area contributed by atoms with E-state index < -0.39 is 18.4 Å². The highest BCUT2D eigenvalue weighted by atomic mass is 35.5. The number of hydrogen-bond acceptors (Lipinski definition) is 4. The standard InChI is InChI=1S/C12H9ClFNO4/c1-6-12(18-5-9(16)17)11(15-19-6)10-7(13)3-2-4-8(10)14/h2-4H,5H2,1H3,(H,16,17). The number of ether oxygens (including phenoxy) is 1. The Bertz CT molecular complexity index is 606. The van der Waals surface area contributed by atoms with E-state index >= 15 is 0 Å². The van der Waals surface area contributed by atoms with Crippen molar-refractivity contribution in [2.45, 2.75) is 6.92 Å². The van der Waals surface area contributed by atoms with Crippen molar-refractivity contribution in [2.75, 3.05) is 6.61 Å². The lowest BCUT2D eigenvalue weighted by atomic mass is 10.1. The van der Waals surface area contributed by atoms with E-state index in [0.29, 0.717) is 0 Å². The minimum atomic E-state index is -1.16. The van der Waals surface area contributed by atoms with Crippen LogP contribution in [0.25, 0.3) is 11.3 Å². The van der Waals surface area contributed by atoms with E-state index in [-0.39, 0.29) is 27.8 Å². The summed E-state index contributed by atoms with van der Waals surface area (Å²) in [4.78, 5) is 10.5. The zero-order valence-corrected chi connectivity index (χ0v) is 10.6. The summed E-state index contributed by atoms with van der Waals surface area (Å²) in [5.41, 5.74) is 0.0586. The van der Waals surface area contributed by atoms with E-state index in [9.17, 15) is 9.18 Å². The second-order valence-electron chi connectivity index (χ2n) is 3.70. The zero-order chi connectivity index (χ0) is 14.0. The van der Waals surface area contributed by atoms with Gasteiger partial charge in [0.15, 0.2) is 23.8 Å². The summed E-state index contributed by atoms with van der Waals surface area (Å²) in [6.45, 7) is 0.948. The third kappa shape index (κ3) is 2.68. The van der Waals surface area contributed by atoms with Crippen LogP contribution >= 0.6 is 11.6 Å².